The Labute approximate surface area is 93.5 Å². The lowest BCUT2D eigenvalue weighted by Gasteiger charge is -2.19. The molecule has 1 aromatic heterocycles. The Balaban J connectivity index is 2.56. The zero-order chi connectivity index (χ0) is 10.6. The number of hydrogen-bond donors (Lipinski definition) is 1. The van der Waals surface area contributed by atoms with E-state index in [-0.39, 0.29) is 0 Å². The van der Waals surface area contributed by atoms with Crippen LogP contribution in [0.4, 0.5) is 5.95 Å². The average molecular weight is 258 g/mol. The van der Waals surface area contributed by atoms with Crippen molar-refractivity contribution in [3.63, 3.8) is 0 Å². The van der Waals surface area contributed by atoms with Crippen LogP contribution in [0.15, 0.2) is 16.9 Å². The Morgan fingerprint density at radius 2 is 1.93 bits per heavy atom. The van der Waals surface area contributed by atoms with Crippen LogP contribution in [0.5, 0.6) is 0 Å². The molecule has 1 heterocycles. The minimum absolute atomic E-state index is 0.404. The van der Waals surface area contributed by atoms with Gasteiger partial charge in [0.2, 0.25) is 5.95 Å². The third-order valence-corrected chi connectivity index (χ3v) is 2.88. The first kappa shape index (κ1) is 11.4. The number of rotatable bonds is 4. The van der Waals surface area contributed by atoms with E-state index in [9.17, 15) is 0 Å². The molecule has 0 spiro atoms. The predicted octanol–water partition coefficient (Wildman–Crippen LogP) is 3.09. The van der Waals surface area contributed by atoms with E-state index in [4.69, 9.17) is 0 Å². The van der Waals surface area contributed by atoms with Crippen molar-refractivity contribution >= 4 is 21.9 Å². The summed E-state index contributed by atoms with van der Waals surface area (Å²) in [6, 6.07) is 0.404. The van der Waals surface area contributed by atoms with Gasteiger partial charge >= 0.3 is 0 Å². The van der Waals surface area contributed by atoms with E-state index >= 15 is 0 Å². The maximum Gasteiger partial charge on any atom is 0.222 e. The molecule has 0 aliphatic carbocycles. The Kier molecular flexibility index (Phi) is 4.32. The van der Waals surface area contributed by atoms with Crippen molar-refractivity contribution in [3.05, 3.63) is 16.9 Å². The smallest absolute Gasteiger partial charge is 0.222 e. The lowest BCUT2D eigenvalue weighted by molar-refractivity contribution is 0.492. The van der Waals surface area contributed by atoms with Crippen molar-refractivity contribution in [2.45, 2.75) is 33.2 Å². The highest BCUT2D eigenvalue weighted by molar-refractivity contribution is 9.10. The summed E-state index contributed by atoms with van der Waals surface area (Å²) in [5, 5.41) is 3.28. The summed E-state index contributed by atoms with van der Waals surface area (Å²) in [5.74, 6) is 1.32. The standard InChI is InChI=1S/C10H16BrN3/c1-4-7(2)8(3)14-10-12-5-9(11)6-13-10/h5-8H,4H2,1-3H3,(H,12,13,14). The molecule has 0 amide bonds. The van der Waals surface area contributed by atoms with Crippen molar-refractivity contribution in [2.75, 3.05) is 5.32 Å². The van der Waals surface area contributed by atoms with Crippen LogP contribution in [0, 0.1) is 5.92 Å². The summed E-state index contributed by atoms with van der Waals surface area (Å²) in [7, 11) is 0. The SMILES string of the molecule is CCC(C)C(C)Nc1ncc(Br)cn1. The topological polar surface area (TPSA) is 37.8 Å². The highest BCUT2D eigenvalue weighted by atomic mass is 79.9. The molecule has 0 saturated heterocycles. The van der Waals surface area contributed by atoms with E-state index in [0.29, 0.717) is 17.9 Å². The first-order valence-corrected chi connectivity index (χ1v) is 5.67. The fourth-order valence-corrected chi connectivity index (χ4v) is 1.29. The van der Waals surface area contributed by atoms with Crippen LogP contribution < -0.4 is 5.32 Å². The minimum Gasteiger partial charge on any atom is -0.352 e. The second-order valence-electron chi connectivity index (χ2n) is 3.54. The van der Waals surface area contributed by atoms with Crippen molar-refractivity contribution in [2.24, 2.45) is 5.92 Å². The van der Waals surface area contributed by atoms with Crippen LogP contribution in [0.2, 0.25) is 0 Å². The number of aromatic nitrogens is 2. The molecule has 1 N–H and O–H groups in total. The molecule has 3 nitrogen and oxygen atoms in total. The summed E-state index contributed by atoms with van der Waals surface area (Å²) < 4.78 is 0.902. The third-order valence-electron chi connectivity index (χ3n) is 2.47. The minimum atomic E-state index is 0.404. The normalized spacial score (nSPS) is 14.9. The van der Waals surface area contributed by atoms with E-state index in [1.54, 1.807) is 12.4 Å². The van der Waals surface area contributed by atoms with E-state index in [1.165, 1.54) is 0 Å². The molecule has 0 fully saturated rings. The van der Waals surface area contributed by atoms with Gasteiger partial charge in [-0.2, -0.15) is 0 Å². The highest BCUT2D eigenvalue weighted by Crippen LogP contribution is 2.12. The molecule has 0 aliphatic heterocycles. The second kappa shape index (κ2) is 5.29. The molecule has 1 rings (SSSR count). The largest absolute Gasteiger partial charge is 0.352 e. The molecule has 78 valence electrons. The molecular formula is C10H16BrN3. The van der Waals surface area contributed by atoms with Crippen molar-refractivity contribution < 1.29 is 0 Å². The summed E-state index contributed by atoms with van der Waals surface area (Å²) in [6.45, 7) is 6.56. The van der Waals surface area contributed by atoms with Gasteiger partial charge in [0.15, 0.2) is 0 Å². The Morgan fingerprint density at radius 1 is 1.36 bits per heavy atom. The van der Waals surface area contributed by atoms with Gasteiger partial charge in [-0.15, -0.1) is 0 Å². The first-order chi connectivity index (χ1) is 6.63. The van der Waals surface area contributed by atoms with E-state index < -0.39 is 0 Å². The summed E-state index contributed by atoms with van der Waals surface area (Å²) in [5.41, 5.74) is 0. The Hall–Kier alpha value is -0.640. The molecule has 0 aliphatic rings. The Morgan fingerprint density at radius 3 is 2.43 bits per heavy atom. The van der Waals surface area contributed by atoms with Gasteiger partial charge in [0, 0.05) is 18.4 Å². The van der Waals surface area contributed by atoms with Crippen LogP contribution in [0.3, 0.4) is 0 Å². The highest BCUT2D eigenvalue weighted by Gasteiger charge is 2.10. The lowest BCUT2D eigenvalue weighted by Crippen LogP contribution is -2.24. The third kappa shape index (κ3) is 3.25. The van der Waals surface area contributed by atoms with Crippen LogP contribution in [0.25, 0.3) is 0 Å². The maximum absolute atomic E-state index is 4.17. The molecular weight excluding hydrogens is 242 g/mol. The molecule has 2 atom stereocenters. The van der Waals surface area contributed by atoms with Gasteiger partial charge in [-0.1, -0.05) is 20.3 Å². The Bertz CT molecular complexity index is 273. The van der Waals surface area contributed by atoms with Gasteiger partial charge < -0.3 is 5.32 Å². The zero-order valence-electron chi connectivity index (χ0n) is 8.79. The van der Waals surface area contributed by atoms with Gasteiger partial charge in [-0.3, -0.25) is 0 Å². The fourth-order valence-electron chi connectivity index (χ4n) is 1.09. The number of halogens is 1. The lowest BCUT2D eigenvalue weighted by atomic mass is 10.0. The zero-order valence-corrected chi connectivity index (χ0v) is 10.4. The van der Waals surface area contributed by atoms with E-state index in [0.717, 1.165) is 10.9 Å². The van der Waals surface area contributed by atoms with Gasteiger partial charge in [-0.25, -0.2) is 9.97 Å². The summed E-state index contributed by atoms with van der Waals surface area (Å²) in [4.78, 5) is 8.33. The molecule has 0 saturated carbocycles. The quantitative estimate of drug-likeness (QED) is 0.901. The monoisotopic (exact) mass is 257 g/mol. The van der Waals surface area contributed by atoms with Gasteiger partial charge in [0.05, 0.1) is 4.47 Å². The predicted molar refractivity (Wildman–Crippen MR) is 62.3 cm³/mol. The van der Waals surface area contributed by atoms with E-state index in [1.807, 2.05) is 0 Å². The maximum atomic E-state index is 4.17. The fraction of sp³-hybridized carbons (Fsp3) is 0.600. The van der Waals surface area contributed by atoms with Crippen molar-refractivity contribution in [3.8, 4) is 0 Å². The average Bonchev–Trinajstić information content (AvgIpc) is 2.20. The molecule has 4 heteroatoms. The molecule has 0 aromatic carbocycles. The molecule has 1 aromatic rings. The number of nitrogens with zero attached hydrogens (tertiary/aromatic N) is 2. The van der Waals surface area contributed by atoms with Crippen LogP contribution >= 0.6 is 15.9 Å². The van der Waals surface area contributed by atoms with Crippen LogP contribution in [-0.4, -0.2) is 16.0 Å². The van der Waals surface area contributed by atoms with Crippen molar-refractivity contribution in [1.29, 1.82) is 0 Å². The number of nitrogens with one attached hydrogen (secondary N) is 1. The van der Waals surface area contributed by atoms with E-state index in [2.05, 4.69) is 52.0 Å². The molecule has 14 heavy (non-hydrogen) atoms. The second-order valence-corrected chi connectivity index (χ2v) is 4.46. The van der Waals surface area contributed by atoms with Gasteiger partial charge in [0.1, 0.15) is 0 Å². The van der Waals surface area contributed by atoms with Crippen LogP contribution in [-0.2, 0) is 0 Å². The number of anilines is 1. The van der Waals surface area contributed by atoms with Gasteiger partial charge in [-0.05, 0) is 28.8 Å². The van der Waals surface area contributed by atoms with Gasteiger partial charge in [0.25, 0.3) is 0 Å². The first-order valence-electron chi connectivity index (χ1n) is 4.87. The molecule has 0 bridgehead atoms. The summed E-state index contributed by atoms with van der Waals surface area (Å²) in [6.07, 6.45) is 4.65. The molecule has 0 radical (unpaired) electrons. The van der Waals surface area contributed by atoms with Crippen molar-refractivity contribution in [1.82, 2.24) is 9.97 Å². The van der Waals surface area contributed by atoms with Crippen LogP contribution in [0.1, 0.15) is 27.2 Å². The molecule has 2 unspecified atom stereocenters. The number of hydrogen-bond acceptors (Lipinski definition) is 3. The summed E-state index contributed by atoms with van der Waals surface area (Å²) >= 11 is 3.30.